The first kappa shape index (κ1) is 21.0. The van der Waals surface area contributed by atoms with E-state index in [0.29, 0.717) is 18.7 Å². The number of likely N-dealkylation sites (N-methyl/N-ethyl adjacent to an activating group) is 1. The van der Waals surface area contributed by atoms with Crippen molar-refractivity contribution in [1.29, 1.82) is 0 Å². The van der Waals surface area contributed by atoms with E-state index in [1.165, 1.54) is 22.0 Å². The van der Waals surface area contributed by atoms with Crippen LogP contribution in [0.5, 0.6) is 5.75 Å². The number of fused-ring (bicyclic) bond motifs is 4. The Morgan fingerprint density at radius 1 is 1.38 bits per heavy atom. The van der Waals surface area contributed by atoms with Gasteiger partial charge in [0.15, 0.2) is 0 Å². The zero-order valence-electron chi connectivity index (χ0n) is 17.7. The second-order valence-corrected chi connectivity index (χ2v) is 9.62. The number of aryl methyl sites for hydroxylation is 1. The summed E-state index contributed by atoms with van der Waals surface area (Å²) in [6, 6.07) is 3.83. The molecule has 1 aromatic carbocycles. The van der Waals surface area contributed by atoms with Gasteiger partial charge in [-0.15, -0.1) is 16.4 Å². The number of nitrogens with zero attached hydrogens (tertiary/aromatic N) is 5. The molecule has 3 aromatic heterocycles. The van der Waals surface area contributed by atoms with Crippen molar-refractivity contribution in [3.05, 3.63) is 28.9 Å². The van der Waals surface area contributed by atoms with Crippen molar-refractivity contribution in [3.8, 4) is 5.75 Å². The van der Waals surface area contributed by atoms with Crippen LogP contribution >= 0.6 is 22.9 Å². The SMILES string of the molecule is COc1cc2nnsc2cc1Nc1ncnc2sc3c(c12)CCC(C(=O)N(C)CCO)C3. The molecule has 1 aliphatic carbocycles. The Morgan fingerprint density at radius 3 is 3.06 bits per heavy atom. The normalized spacial score (nSPS) is 15.7. The molecule has 4 aromatic rings. The Bertz CT molecular complexity index is 1300. The number of benzene rings is 1. The second-order valence-electron chi connectivity index (χ2n) is 7.75. The number of amides is 1. The summed E-state index contributed by atoms with van der Waals surface area (Å²) in [6.07, 6.45) is 3.80. The number of methoxy groups -OCH3 is 1. The fraction of sp³-hybridized carbons (Fsp3) is 0.381. The van der Waals surface area contributed by atoms with Gasteiger partial charge in [-0.05, 0) is 42.4 Å². The highest BCUT2D eigenvalue weighted by Gasteiger charge is 2.30. The molecule has 1 amide bonds. The molecule has 1 unspecified atom stereocenters. The molecule has 3 heterocycles. The number of aliphatic hydroxyl groups excluding tert-OH is 1. The summed E-state index contributed by atoms with van der Waals surface area (Å²) in [4.78, 5) is 25.5. The van der Waals surface area contributed by atoms with Gasteiger partial charge < -0.3 is 20.1 Å². The van der Waals surface area contributed by atoms with E-state index in [9.17, 15) is 4.79 Å². The molecule has 0 saturated carbocycles. The lowest BCUT2D eigenvalue weighted by atomic mass is 9.87. The van der Waals surface area contributed by atoms with Gasteiger partial charge in [0.25, 0.3) is 0 Å². The van der Waals surface area contributed by atoms with E-state index < -0.39 is 0 Å². The Morgan fingerprint density at radius 2 is 2.25 bits per heavy atom. The summed E-state index contributed by atoms with van der Waals surface area (Å²) >= 11 is 2.95. The van der Waals surface area contributed by atoms with Crippen LogP contribution in [0.1, 0.15) is 16.9 Å². The number of aromatic nitrogens is 4. The minimum Gasteiger partial charge on any atom is -0.494 e. The van der Waals surface area contributed by atoms with Gasteiger partial charge in [-0.25, -0.2) is 9.97 Å². The van der Waals surface area contributed by atoms with Crippen molar-refractivity contribution >= 4 is 60.7 Å². The summed E-state index contributed by atoms with van der Waals surface area (Å²) in [5.41, 5.74) is 2.79. The third-order valence-electron chi connectivity index (χ3n) is 5.83. The largest absolute Gasteiger partial charge is 0.494 e. The van der Waals surface area contributed by atoms with Crippen LogP contribution in [0.4, 0.5) is 11.5 Å². The maximum Gasteiger partial charge on any atom is 0.225 e. The van der Waals surface area contributed by atoms with Gasteiger partial charge in [-0.2, -0.15) is 0 Å². The number of nitrogens with one attached hydrogen (secondary N) is 1. The number of rotatable bonds is 6. The molecule has 2 N–H and O–H groups in total. The molecule has 0 spiro atoms. The van der Waals surface area contributed by atoms with Crippen molar-refractivity contribution in [2.24, 2.45) is 5.92 Å². The highest BCUT2D eigenvalue weighted by molar-refractivity contribution is 7.19. The van der Waals surface area contributed by atoms with Crippen molar-refractivity contribution in [3.63, 3.8) is 0 Å². The minimum atomic E-state index is -0.0715. The number of carbonyl (C=O) groups is 1. The van der Waals surface area contributed by atoms with Crippen LogP contribution < -0.4 is 10.1 Å². The smallest absolute Gasteiger partial charge is 0.225 e. The second kappa shape index (κ2) is 8.57. The molecule has 0 radical (unpaired) electrons. The molecule has 0 bridgehead atoms. The van der Waals surface area contributed by atoms with Crippen LogP contribution in [-0.4, -0.2) is 62.8 Å². The third kappa shape index (κ3) is 3.65. The van der Waals surface area contributed by atoms with E-state index >= 15 is 0 Å². The molecular weight excluding hydrogens is 448 g/mol. The van der Waals surface area contributed by atoms with Gasteiger partial charge in [0.05, 0.1) is 29.5 Å². The summed E-state index contributed by atoms with van der Waals surface area (Å²) in [6.45, 7) is 0.330. The van der Waals surface area contributed by atoms with Gasteiger partial charge in [0.2, 0.25) is 5.91 Å². The monoisotopic (exact) mass is 470 g/mol. The fourth-order valence-electron chi connectivity index (χ4n) is 4.19. The lowest BCUT2D eigenvalue weighted by molar-refractivity contribution is -0.135. The van der Waals surface area contributed by atoms with Gasteiger partial charge >= 0.3 is 0 Å². The van der Waals surface area contributed by atoms with Gasteiger partial charge in [-0.1, -0.05) is 4.49 Å². The highest BCUT2D eigenvalue weighted by Crippen LogP contribution is 2.42. The third-order valence-corrected chi connectivity index (χ3v) is 7.68. The number of ether oxygens (including phenoxy) is 1. The van der Waals surface area contributed by atoms with Gasteiger partial charge in [0.1, 0.15) is 28.2 Å². The lowest BCUT2D eigenvalue weighted by Crippen LogP contribution is -2.37. The number of hydrogen-bond donors (Lipinski definition) is 2. The first-order valence-corrected chi connectivity index (χ1v) is 11.9. The predicted octanol–water partition coefficient (Wildman–Crippen LogP) is 3.00. The summed E-state index contributed by atoms with van der Waals surface area (Å²) in [5, 5.41) is 17.7. The first-order chi connectivity index (χ1) is 15.6. The predicted molar refractivity (Wildman–Crippen MR) is 125 cm³/mol. The Labute approximate surface area is 192 Å². The van der Waals surface area contributed by atoms with Crippen LogP contribution in [-0.2, 0) is 17.6 Å². The van der Waals surface area contributed by atoms with Crippen molar-refractivity contribution in [2.45, 2.75) is 19.3 Å². The summed E-state index contributed by atoms with van der Waals surface area (Å²) < 4.78 is 10.5. The fourth-order valence-corrected chi connectivity index (χ4v) is 6.04. The van der Waals surface area contributed by atoms with Gasteiger partial charge in [-0.3, -0.25) is 4.79 Å². The Balaban J connectivity index is 1.49. The van der Waals surface area contributed by atoms with E-state index in [1.807, 2.05) is 12.1 Å². The van der Waals surface area contributed by atoms with Crippen molar-refractivity contribution in [2.75, 3.05) is 32.6 Å². The van der Waals surface area contributed by atoms with Crippen molar-refractivity contribution < 1.29 is 14.6 Å². The first-order valence-electron chi connectivity index (χ1n) is 10.3. The molecule has 0 saturated heterocycles. The molecular formula is C21H22N6O3S2. The van der Waals surface area contributed by atoms with Crippen LogP contribution in [0.3, 0.4) is 0 Å². The number of aliphatic hydroxyl groups is 1. The van der Waals surface area contributed by atoms with E-state index in [2.05, 4.69) is 24.9 Å². The zero-order valence-corrected chi connectivity index (χ0v) is 19.3. The van der Waals surface area contributed by atoms with E-state index in [-0.39, 0.29) is 18.4 Å². The molecule has 0 fully saturated rings. The van der Waals surface area contributed by atoms with E-state index in [4.69, 9.17) is 9.84 Å². The molecule has 1 aliphatic rings. The maximum absolute atomic E-state index is 12.7. The standard InChI is InChI=1S/C21H22N6O3S2/c1-27(5-6-28)21(29)11-3-4-12-16(7-11)31-20-18(12)19(22-10-23-20)24-13-9-17-14(25-26-32-17)8-15(13)30-2/h8-11,28H,3-7H2,1-2H3,(H,22,23,24). The minimum absolute atomic E-state index is 0.0272. The molecule has 166 valence electrons. The summed E-state index contributed by atoms with van der Waals surface area (Å²) in [7, 11) is 3.37. The summed E-state index contributed by atoms with van der Waals surface area (Å²) in [5.74, 6) is 1.41. The number of anilines is 2. The quantitative estimate of drug-likeness (QED) is 0.442. The van der Waals surface area contributed by atoms with Gasteiger partial charge in [0, 0.05) is 30.5 Å². The molecule has 1 atom stereocenters. The lowest BCUT2D eigenvalue weighted by Gasteiger charge is -2.26. The van der Waals surface area contributed by atoms with Crippen LogP contribution in [0.2, 0.25) is 0 Å². The van der Waals surface area contributed by atoms with Crippen LogP contribution in [0.25, 0.3) is 20.4 Å². The molecule has 5 rings (SSSR count). The molecule has 0 aliphatic heterocycles. The van der Waals surface area contributed by atoms with Crippen LogP contribution in [0, 0.1) is 5.92 Å². The highest BCUT2D eigenvalue weighted by atomic mass is 32.1. The Kier molecular flexibility index (Phi) is 5.62. The topological polar surface area (TPSA) is 113 Å². The number of hydrogen-bond acceptors (Lipinski definition) is 10. The molecule has 11 heteroatoms. The van der Waals surface area contributed by atoms with E-state index in [0.717, 1.165) is 44.8 Å². The molecule has 32 heavy (non-hydrogen) atoms. The molecule has 9 nitrogen and oxygen atoms in total. The number of carbonyl (C=O) groups excluding carboxylic acids is 1. The van der Waals surface area contributed by atoms with Crippen molar-refractivity contribution in [1.82, 2.24) is 24.5 Å². The van der Waals surface area contributed by atoms with E-state index in [1.54, 1.807) is 36.7 Å². The Hall–Kier alpha value is -2.89. The zero-order chi connectivity index (χ0) is 22.2. The van der Waals surface area contributed by atoms with Crippen LogP contribution in [0.15, 0.2) is 18.5 Å². The number of thiophene rings is 1. The average Bonchev–Trinajstić information content (AvgIpc) is 3.41. The maximum atomic E-state index is 12.7. The average molecular weight is 471 g/mol.